The van der Waals surface area contributed by atoms with Gasteiger partial charge in [-0.25, -0.2) is 0 Å². The molecule has 0 aromatic heterocycles. The molecule has 0 aliphatic heterocycles. The zero-order chi connectivity index (χ0) is 15.2. The molecule has 106 valence electrons. The molecule has 2 rings (SSSR count). The van der Waals surface area contributed by atoms with Gasteiger partial charge in [0.1, 0.15) is 0 Å². The number of anilines is 1. The maximum atomic E-state index is 6.28. The molecule has 0 saturated heterocycles. The predicted octanol–water partition coefficient (Wildman–Crippen LogP) is 5.24. The summed E-state index contributed by atoms with van der Waals surface area (Å²) in [5.41, 5.74) is 15.9. The minimum atomic E-state index is 0.830. The van der Waals surface area contributed by atoms with Gasteiger partial charge in [0, 0.05) is 5.69 Å². The molecule has 0 unspecified atom stereocenters. The van der Waals surface area contributed by atoms with Crippen molar-refractivity contribution in [3.8, 4) is 0 Å². The molecule has 0 aliphatic rings. The van der Waals surface area contributed by atoms with E-state index in [1.54, 1.807) is 0 Å². The van der Waals surface area contributed by atoms with E-state index in [-0.39, 0.29) is 0 Å². The first-order chi connectivity index (χ1) is 10.1. The predicted molar refractivity (Wildman–Crippen MR) is 93.9 cm³/mol. The van der Waals surface area contributed by atoms with Crippen molar-refractivity contribution in [2.24, 2.45) is 0 Å². The smallest absolute Gasteiger partial charge is 0.0423 e. The van der Waals surface area contributed by atoms with Crippen molar-refractivity contribution in [3.63, 3.8) is 0 Å². The van der Waals surface area contributed by atoms with Crippen LogP contribution in [0.2, 0.25) is 0 Å². The van der Waals surface area contributed by atoms with Gasteiger partial charge in [-0.2, -0.15) is 0 Å². The van der Waals surface area contributed by atoms with E-state index in [9.17, 15) is 0 Å². The molecule has 0 fully saturated rings. The molecule has 2 aromatic rings. The molecule has 1 nitrogen and oxygen atoms in total. The maximum absolute atomic E-state index is 6.28. The van der Waals surface area contributed by atoms with Gasteiger partial charge in [0.25, 0.3) is 0 Å². The second-order valence-electron chi connectivity index (χ2n) is 5.08. The molecule has 0 atom stereocenters. The maximum Gasteiger partial charge on any atom is 0.0423 e. The highest BCUT2D eigenvalue weighted by molar-refractivity contribution is 5.80. The third-order valence-electron chi connectivity index (χ3n) is 3.57. The van der Waals surface area contributed by atoms with E-state index < -0.39 is 0 Å². The highest BCUT2D eigenvalue weighted by Gasteiger charge is 2.07. The summed E-state index contributed by atoms with van der Waals surface area (Å²) in [6, 6.07) is 12.4. The minimum absolute atomic E-state index is 0.830. The number of nitrogen functional groups attached to an aromatic ring is 1. The molecule has 0 spiro atoms. The van der Waals surface area contributed by atoms with E-state index >= 15 is 0 Å². The van der Waals surface area contributed by atoms with Gasteiger partial charge in [-0.05, 0) is 66.8 Å². The van der Waals surface area contributed by atoms with Crippen molar-refractivity contribution in [1.82, 2.24) is 0 Å². The fraction of sp³-hybridized carbons (Fsp3) is 0.150. The standard InChI is InChI=1S/C20H21N/c1-4-5-11-19-15(2)14-18(20(21)16(19)3)13-12-17-9-7-6-8-10-17/h4,6-14H,21H2,1-3H3/b13-12+. The van der Waals surface area contributed by atoms with Crippen LogP contribution < -0.4 is 5.73 Å². The van der Waals surface area contributed by atoms with Gasteiger partial charge in [-0.3, -0.25) is 0 Å². The normalized spacial score (nSPS) is 10.4. The van der Waals surface area contributed by atoms with E-state index in [1.807, 2.05) is 37.3 Å². The van der Waals surface area contributed by atoms with Gasteiger partial charge < -0.3 is 5.73 Å². The Labute approximate surface area is 127 Å². The Bertz CT molecular complexity index is 715. The van der Waals surface area contributed by atoms with E-state index in [1.165, 1.54) is 11.1 Å². The van der Waals surface area contributed by atoms with Crippen molar-refractivity contribution in [1.29, 1.82) is 0 Å². The largest absolute Gasteiger partial charge is 0.398 e. The van der Waals surface area contributed by atoms with Gasteiger partial charge in [0.05, 0.1) is 0 Å². The average molecular weight is 275 g/mol. The van der Waals surface area contributed by atoms with Crippen LogP contribution in [-0.4, -0.2) is 0 Å². The van der Waals surface area contributed by atoms with E-state index in [4.69, 9.17) is 5.73 Å². The number of allylic oxidation sites excluding steroid dienone is 1. The number of hydrogen-bond donors (Lipinski definition) is 1. The Hall–Kier alpha value is -2.50. The fourth-order valence-corrected chi connectivity index (χ4v) is 2.32. The Balaban J connectivity index is 2.43. The zero-order valence-electron chi connectivity index (χ0n) is 12.9. The van der Waals surface area contributed by atoms with Crippen molar-refractivity contribution in [2.75, 3.05) is 5.73 Å². The zero-order valence-corrected chi connectivity index (χ0v) is 12.9. The summed E-state index contributed by atoms with van der Waals surface area (Å²) in [7, 11) is 0. The third-order valence-corrected chi connectivity index (χ3v) is 3.57. The number of aryl methyl sites for hydroxylation is 1. The number of rotatable bonds is 3. The Kier molecular flexibility index (Phi) is 4.81. The summed E-state index contributed by atoms with van der Waals surface area (Å²) >= 11 is 0. The second-order valence-corrected chi connectivity index (χ2v) is 5.08. The van der Waals surface area contributed by atoms with Crippen molar-refractivity contribution in [3.05, 3.63) is 76.0 Å². The van der Waals surface area contributed by atoms with Crippen LogP contribution in [0.4, 0.5) is 5.69 Å². The van der Waals surface area contributed by atoms with Gasteiger partial charge in [-0.1, -0.05) is 42.5 Å². The highest BCUT2D eigenvalue weighted by atomic mass is 14.6. The van der Waals surface area contributed by atoms with Crippen LogP contribution in [0.3, 0.4) is 0 Å². The Morgan fingerprint density at radius 1 is 1.05 bits per heavy atom. The molecule has 2 aromatic carbocycles. The van der Waals surface area contributed by atoms with Gasteiger partial charge in [0.2, 0.25) is 0 Å². The molecule has 0 heterocycles. The monoisotopic (exact) mass is 275 g/mol. The van der Waals surface area contributed by atoms with Crippen LogP contribution in [0.5, 0.6) is 0 Å². The van der Waals surface area contributed by atoms with Crippen LogP contribution >= 0.6 is 0 Å². The van der Waals surface area contributed by atoms with Gasteiger partial charge in [-0.15, -0.1) is 5.73 Å². The summed E-state index contributed by atoms with van der Waals surface area (Å²) in [6.07, 6.45) is 8.06. The molecule has 21 heavy (non-hydrogen) atoms. The molecule has 0 aliphatic carbocycles. The van der Waals surface area contributed by atoms with Crippen LogP contribution in [-0.2, 0) is 0 Å². The first-order valence-corrected chi connectivity index (χ1v) is 7.13. The number of benzene rings is 2. The lowest BCUT2D eigenvalue weighted by molar-refractivity contribution is 1.35. The number of hydrogen-bond acceptors (Lipinski definition) is 1. The highest BCUT2D eigenvalue weighted by Crippen LogP contribution is 2.27. The second kappa shape index (κ2) is 6.78. The summed E-state index contributed by atoms with van der Waals surface area (Å²) in [6.45, 7) is 6.13. The quantitative estimate of drug-likeness (QED) is 0.462. The van der Waals surface area contributed by atoms with Crippen molar-refractivity contribution >= 4 is 23.9 Å². The van der Waals surface area contributed by atoms with Crippen molar-refractivity contribution < 1.29 is 0 Å². The van der Waals surface area contributed by atoms with E-state index in [0.717, 1.165) is 22.4 Å². The summed E-state index contributed by atoms with van der Waals surface area (Å²) in [5.74, 6) is 0. The van der Waals surface area contributed by atoms with Gasteiger partial charge in [0.15, 0.2) is 0 Å². The Morgan fingerprint density at radius 2 is 1.76 bits per heavy atom. The molecular weight excluding hydrogens is 254 g/mol. The number of nitrogens with two attached hydrogens (primary N) is 1. The lowest BCUT2D eigenvalue weighted by atomic mass is 9.96. The lowest BCUT2D eigenvalue weighted by Gasteiger charge is -2.11. The van der Waals surface area contributed by atoms with E-state index in [2.05, 4.69) is 49.9 Å². The molecule has 0 bridgehead atoms. The minimum Gasteiger partial charge on any atom is -0.398 e. The summed E-state index contributed by atoms with van der Waals surface area (Å²) < 4.78 is 0. The first kappa shape index (κ1) is 14.9. The molecular formula is C20H21N. The summed E-state index contributed by atoms with van der Waals surface area (Å²) in [5, 5.41) is 0. The molecule has 0 amide bonds. The first-order valence-electron chi connectivity index (χ1n) is 7.13. The van der Waals surface area contributed by atoms with Crippen LogP contribution in [0.1, 0.15) is 34.7 Å². The topological polar surface area (TPSA) is 26.0 Å². The molecule has 0 radical (unpaired) electrons. The lowest BCUT2D eigenvalue weighted by Crippen LogP contribution is -1.98. The fourth-order valence-electron chi connectivity index (χ4n) is 2.32. The summed E-state index contributed by atoms with van der Waals surface area (Å²) in [4.78, 5) is 0. The van der Waals surface area contributed by atoms with Gasteiger partial charge >= 0.3 is 0 Å². The van der Waals surface area contributed by atoms with Crippen LogP contribution in [0.15, 0.2) is 48.2 Å². The molecule has 2 N–H and O–H groups in total. The average Bonchev–Trinajstić information content (AvgIpc) is 2.50. The van der Waals surface area contributed by atoms with Crippen LogP contribution in [0, 0.1) is 13.8 Å². The SMILES string of the molecule is CC=C=Cc1c(C)cc(/C=C/c2ccccc2)c(N)c1C. The molecule has 0 saturated carbocycles. The Morgan fingerprint density at radius 3 is 2.43 bits per heavy atom. The molecule has 1 heteroatoms. The van der Waals surface area contributed by atoms with Crippen molar-refractivity contribution in [2.45, 2.75) is 20.8 Å². The van der Waals surface area contributed by atoms with E-state index in [0.29, 0.717) is 0 Å². The van der Waals surface area contributed by atoms with Crippen LogP contribution in [0.25, 0.3) is 18.2 Å². The third kappa shape index (κ3) is 3.53.